The Morgan fingerprint density at radius 3 is 1.09 bits per heavy atom. The summed E-state index contributed by atoms with van der Waals surface area (Å²) in [6.45, 7) is 5.38. The summed E-state index contributed by atoms with van der Waals surface area (Å²) in [6.07, 6.45) is 12.5. The van der Waals surface area contributed by atoms with Gasteiger partial charge < -0.3 is 19.3 Å². The molecule has 0 aliphatic heterocycles. The highest BCUT2D eigenvalue weighted by Crippen LogP contribution is 2.21. The van der Waals surface area contributed by atoms with Crippen LogP contribution in [0.5, 0.6) is 0 Å². The third-order valence-electron chi connectivity index (χ3n) is 5.66. The second-order valence-electron chi connectivity index (χ2n) is 9.07. The zero-order chi connectivity index (χ0) is 24.8. The van der Waals surface area contributed by atoms with Crippen molar-refractivity contribution >= 4 is 17.9 Å². The van der Waals surface area contributed by atoms with Gasteiger partial charge in [-0.15, -0.1) is 0 Å². The van der Waals surface area contributed by atoms with Crippen LogP contribution in [0.3, 0.4) is 0 Å². The summed E-state index contributed by atoms with van der Waals surface area (Å²) >= 11 is 0. The first-order valence-electron chi connectivity index (χ1n) is 13.0. The van der Waals surface area contributed by atoms with Gasteiger partial charge in [0.25, 0.3) is 0 Å². The molecule has 0 aromatic carbocycles. The van der Waals surface area contributed by atoms with Gasteiger partial charge in [0.2, 0.25) is 0 Å². The molecule has 0 aromatic rings. The highest BCUT2D eigenvalue weighted by molar-refractivity contribution is 5.70. The van der Waals surface area contributed by atoms with Crippen LogP contribution < -0.4 is 0 Å². The maximum atomic E-state index is 12.1. The monoisotopic (exact) mass is 472 g/mol. The van der Waals surface area contributed by atoms with Crippen molar-refractivity contribution in [1.29, 1.82) is 0 Å². The Morgan fingerprint density at radius 2 is 0.848 bits per heavy atom. The molecule has 7 heteroatoms. The largest absolute Gasteiger partial charge is 0.465 e. The Bertz CT molecular complexity index is 449. The Balaban J connectivity index is 4.78. The zero-order valence-corrected chi connectivity index (χ0v) is 21.3. The van der Waals surface area contributed by atoms with Crippen molar-refractivity contribution in [3.63, 3.8) is 0 Å². The van der Waals surface area contributed by atoms with Crippen molar-refractivity contribution in [2.75, 3.05) is 26.4 Å². The molecule has 7 nitrogen and oxygen atoms in total. The topological polar surface area (TPSA) is 99.1 Å². The average molecular weight is 473 g/mol. The molecule has 0 aromatic heterocycles. The number of carbonyl (C=O) groups excluding carboxylic acids is 3. The fraction of sp³-hybridized carbons (Fsp3) is 0.885. The lowest BCUT2D eigenvalue weighted by molar-refractivity contribution is -0.165. The number of hydrogen-bond acceptors (Lipinski definition) is 7. The molecular weight excluding hydrogens is 424 g/mol. The van der Waals surface area contributed by atoms with Crippen molar-refractivity contribution < 1.29 is 33.7 Å². The first kappa shape index (κ1) is 31.4. The average Bonchev–Trinajstić information content (AvgIpc) is 2.82. The van der Waals surface area contributed by atoms with E-state index in [9.17, 15) is 19.5 Å². The Kier molecular flexibility index (Phi) is 19.9. The molecule has 0 spiro atoms. The minimum atomic E-state index is -1.16. The van der Waals surface area contributed by atoms with Crippen LogP contribution in [0.15, 0.2) is 0 Å². The lowest BCUT2D eigenvalue weighted by atomic mass is 9.92. The van der Waals surface area contributed by atoms with Crippen molar-refractivity contribution in [1.82, 2.24) is 0 Å². The van der Waals surface area contributed by atoms with Gasteiger partial charge in [-0.25, -0.2) is 0 Å². The zero-order valence-electron chi connectivity index (χ0n) is 21.3. The summed E-state index contributed by atoms with van der Waals surface area (Å²) in [7, 11) is 0. The molecule has 33 heavy (non-hydrogen) atoms. The second-order valence-corrected chi connectivity index (χ2v) is 9.07. The molecule has 0 aliphatic carbocycles. The Labute approximate surface area is 200 Å². The van der Waals surface area contributed by atoms with E-state index in [0.717, 1.165) is 77.0 Å². The molecule has 0 bridgehead atoms. The molecule has 0 saturated heterocycles. The van der Waals surface area contributed by atoms with Crippen LogP contribution in [-0.2, 0) is 28.6 Å². The highest BCUT2D eigenvalue weighted by Gasteiger charge is 2.35. The molecule has 0 fully saturated rings. The van der Waals surface area contributed by atoms with Crippen LogP contribution in [0, 0.1) is 5.41 Å². The standard InChI is InChI=1S/C26H48O7/c1-4-7-10-13-16-23(28)31-20-26(19-27,21-32-24(29)17-14-11-8-5-2)22-33-25(30)18-15-12-9-6-3/h27H,4-22H2,1-3H3. The summed E-state index contributed by atoms with van der Waals surface area (Å²) in [5, 5.41) is 10.1. The predicted octanol–water partition coefficient (Wildman–Crippen LogP) is 5.51. The smallest absolute Gasteiger partial charge is 0.305 e. The normalized spacial score (nSPS) is 11.3. The number of ether oxygens (including phenoxy) is 3. The van der Waals surface area contributed by atoms with Crippen LogP contribution in [0.25, 0.3) is 0 Å². The quantitative estimate of drug-likeness (QED) is 0.126. The molecule has 0 atom stereocenters. The van der Waals surface area contributed by atoms with E-state index >= 15 is 0 Å². The number of carbonyl (C=O) groups is 3. The summed E-state index contributed by atoms with van der Waals surface area (Å²) in [5.41, 5.74) is -1.16. The molecular formula is C26H48O7. The summed E-state index contributed by atoms with van der Waals surface area (Å²) < 4.78 is 16.2. The lowest BCUT2D eigenvalue weighted by Gasteiger charge is -2.30. The van der Waals surface area contributed by atoms with E-state index < -0.39 is 12.0 Å². The number of esters is 3. The molecule has 0 unspecified atom stereocenters. The van der Waals surface area contributed by atoms with Crippen LogP contribution in [0.1, 0.15) is 117 Å². The number of aliphatic hydroxyl groups is 1. The second kappa shape index (κ2) is 20.9. The van der Waals surface area contributed by atoms with Gasteiger partial charge in [-0.1, -0.05) is 78.6 Å². The lowest BCUT2D eigenvalue weighted by Crippen LogP contribution is -2.42. The van der Waals surface area contributed by atoms with Crippen LogP contribution in [0.4, 0.5) is 0 Å². The third-order valence-corrected chi connectivity index (χ3v) is 5.66. The van der Waals surface area contributed by atoms with Crippen molar-refractivity contribution in [2.45, 2.75) is 117 Å². The van der Waals surface area contributed by atoms with Crippen LogP contribution in [-0.4, -0.2) is 49.4 Å². The van der Waals surface area contributed by atoms with Gasteiger partial charge in [0.15, 0.2) is 0 Å². The van der Waals surface area contributed by atoms with Crippen molar-refractivity contribution in [3.05, 3.63) is 0 Å². The highest BCUT2D eigenvalue weighted by atomic mass is 16.6. The fourth-order valence-corrected chi connectivity index (χ4v) is 3.27. The SMILES string of the molecule is CCCCCCC(=O)OCC(CO)(COC(=O)CCCCCC)COC(=O)CCCCCC. The van der Waals surface area contributed by atoms with E-state index in [0.29, 0.717) is 19.3 Å². The Morgan fingerprint density at radius 1 is 0.545 bits per heavy atom. The summed E-state index contributed by atoms with van der Waals surface area (Å²) in [4.78, 5) is 36.4. The minimum absolute atomic E-state index is 0.164. The molecule has 0 radical (unpaired) electrons. The summed E-state index contributed by atoms with van der Waals surface area (Å²) in [5.74, 6) is -1.08. The van der Waals surface area contributed by atoms with Gasteiger partial charge in [-0.3, -0.25) is 14.4 Å². The maximum absolute atomic E-state index is 12.1. The van der Waals surface area contributed by atoms with Crippen LogP contribution >= 0.6 is 0 Å². The molecule has 0 aliphatic rings. The van der Waals surface area contributed by atoms with Gasteiger partial charge in [-0.2, -0.15) is 0 Å². The molecule has 0 rings (SSSR count). The third kappa shape index (κ3) is 17.5. The fourth-order valence-electron chi connectivity index (χ4n) is 3.27. The number of aliphatic hydroxyl groups excluding tert-OH is 1. The molecule has 194 valence electrons. The van der Waals surface area contributed by atoms with E-state index in [-0.39, 0.29) is 37.7 Å². The van der Waals surface area contributed by atoms with Gasteiger partial charge in [0.1, 0.15) is 19.8 Å². The predicted molar refractivity (Wildman–Crippen MR) is 129 cm³/mol. The van der Waals surface area contributed by atoms with E-state index in [1.54, 1.807) is 0 Å². The molecule has 1 N–H and O–H groups in total. The van der Waals surface area contributed by atoms with Crippen molar-refractivity contribution in [3.8, 4) is 0 Å². The first-order valence-corrected chi connectivity index (χ1v) is 13.0. The van der Waals surface area contributed by atoms with Crippen molar-refractivity contribution in [2.24, 2.45) is 5.41 Å². The first-order chi connectivity index (χ1) is 15.9. The minimum Gasteiger partial charge on any atom is -0.465 e. The summed E-state index contributed by atoms with van der Waals surface area (Å²) in [6, 6.07) is 0. The van der Waals surface area contributed by atoms with E-state index in [4.69, 9.17) is 14.2 Å². The van der Waals surface area contributed by atoms with E-state index in [2.05, 4.69) is 20.8 Å². The molecule has 0 saturated carbocycles. The van der Waals surface area contributed by atoms with E-state index in [1.807, 2.05) is 0 Å². The number of rotatable bonds is 22. The van der Waals surface area contributed by atoms with E-state index in [1.165, 1.54) is 0 Å². The molecule has 0 amide bonds. The number of hydrogen-bond donors (Lipinski definition) is 1. The van der Waals surface area contributed by atoms with Gasteiger partial charge in [0, 0.05) is 19.3 Å². The van der Waals surface area contributed by atoms with Gasteiger partial charge >= 0.3 is 17.9 Å². The van der Waals surface area contributed by atoms with Crippen LogP contribution in [0.2, 0.25) is 0 Å². The number of unbranched alkanes of at least 4 members (excludes halogenated alkanes) is 9. The Hall–Kier alpha value is -1.63. The molecule has 0 heterocycles. The maximum Gasteiger partial charge on any atom is 0.305 e. The van der Waals surface area contributed by atoms with Gasteiger partial charge in [0.05, 0.1) is 12.0 Å². The van der Waals surface area contributed by atoms with Gasteiger partial charge in [-0.05, 0) is 19.3 Å².